The summed E-state index contributed by atoms with van der Waals surface area (Å²) in [5.74, 6) is -1.53. The molecular formula is C14H16N4O3. The zero-order valence-corrected chi connectivity index (χ0v) is 11.9. The number of aryl methyl sites for hydroxylation is 1. The number of carboxylic acids is 1. The molecular weight excluding hydrogens is 272 g/mol. The predicted octanol–water partition coefficient (Wildman–Crippen LogP) is 0.761. The summed E-state index contributed by atoms with van der Waals surface area (Å²) in [6.07, 6.45) is 0. The Hall–Kier alpha value is -2.44. The molecule has 1 fully saturated rings. The summed E-state index contributed by atoms with van der Waals surface area (Å²) >= 11 is 0. The van der Waals surface area contributed by atoms with Crippen molar-refractivity contribution >= 4 is 22.9 Å². The summed E-state index contributed by atoms with van der Waals surface area (Å²) in [4.78, 5) is 25.2. The maximum absolute atomic E-state index is 12.5. The fraction of sp³-hybridized carbons (Fsp3) is 0.429. The van der Waals surface area contributed by atoms with Crippen LogP contribution in [-0.2, 0) is 11.8 Å². The molecule has 3 rings (SSSR count). The maximum atomic E-state index is 12.5. The molecule has 1 amide bonds. The Labute approximate surface area is 121 Å². The van der Waals surface area contributed by atoms with Crippen LogP contribution in [0.4, 0.5) is 0 Å². The van der Waals surface area contributed by atoms with E-state index >= 15 is 0 Å². The van der Waals surface area contributed by atoms with E-state index in [0.717, 1.165) is 5.52 Å². The van der Waals surface area contributed by atoms with E-state index in [9.17, 15) is 9.59 Å². The highest BCUT2D eigenvalue weighted by atomic mass is 16.4. The van der Waals surface area contributed by atoms with E-state index in [-0.39, 0.29) is 18.4 Å². The average molecular weight is 288 g/mol. The van der Waals surface area contributed by atoms with Gasteiger partial charge in [-0.15, -0.1) is 5.10 Å². The third kappa shape index (κ3) is 2.24. The van der Waals surface area contributed by atoms with Gasteiger partial charge in [0.15, 0.2) is 0 Å². The van der Waals surface area contributed by atoms with Gasteiger partial charge in [-0.25, -0.2) is 4.68 Å². The Bertz CT molecular complexity index is 724. The van der Waals surface area contributed by atoms with Gasteiger partial charge in [0, 0.05) is 25.7 Å². The van der Waals surface area contributed by atoms with Gasteiger partial charge in [0.1, 0.15) is 5.52 Å². The zero-order valence-electron chi connectivity index (χ0n) is 11.9. The molecule has 7 heteroatoms. The molecule has 0 saturated carbocycles. The van der Waals surface area contributed by atoms with E-state index in [1.54, 1.807) is 34.8 Å². The van der Waals surface area contributed by atoms with Crippen molar-refractivity contribution in [2.24, 2.45) is 18.9 Å². The van der Waals surface area contributed by atoms with Crippen LogP contribution in [0.1, 0.15) is 17.3 Å². The molecule has 1 aliphatic heterocycles. The zero-order chi connectivity index (χ0) is 15.1. The van der Waals surface area contributed by atoms with Crippen molar-refractivity contribution < 1.29 is 14.7 Å². The Balaban J connectivity index is 1.85. The third-order valence-electron chi connectivity index (χ3n) is 4.07. The summed E-state index contributed by atoms with van der Waals surface area (Å²) in [6, 6.07) is 5.23. The largest absolute Gasteiger partial charge is 0.481 e. The number of fused-ring (bicyclic) bond motifs is 1. The van der Waals surface area contributed by atoms with Crippen molar-refractivity contribution in [1.82, 2.24) is 19.9 Å². The lowest BCUT2D eigenvalue weighted by Crippen LogP contribution is -2.29. The lowest BCUT2D eigenvalue weighted by atomic mass is 9.99. The van der Waals surface area contributed by atoms with E-state index in [1.807, 2.05) is 6.92 Å². The topological polar surface area (TPSA) is 88.3 Å². The molecule has 7 nitrogen and oxygen atoms in total. The van der Waals surface area contributed by atoms with Crippen LogP contribution in [0.3, 0.4) is 0 Å². The first-order valence-electron chi connectivity index (χ1n) is 6.79. The van der Waals surface area contributed by atoms with E-state index < -0.39 is 11.9 Å². The highest BCUT2D eigenvalue weighted by molar-refractivity contribution is 5.97. The monoisotopic (exact) mass is 288 g/mol. The van der Waals surface area contributed by atoms with Gasteiger partial charge in [0.2, 0.25) is 0 Å². The standard InChI is InChI=1S/C14H16N4O3/c1-8-6-18(7-10(8)14(20)21)13(19)9-3-4-12-11(5-9)15-16-17(12)2/h3-5,8,10H,6-7H2,1-2H3,(H,20,21)/t8-,10-/m1/s1. The van der Waals surface area contributed by atoms with Crippen molar-refractivity contribution in [3.63, 3.8) is 0 Å². The van der Waals surface area contributed by atoms with Crippen LogP contribution in [-0.4, -0.2) is 50.0 Å². The maximum Gasteiger partial charge on any atom is 0.308 e. The summed E-state index contributed by atoms with van der Waals surface area (Å²) in [5.41, 5.74) is 2.02. The Kier molecular flexibility index (Phi) is 3.12. The summed E-state index contributed by atoms with van der Waals surface area (Å²) in [7, 11) is 1.79. The highest BCUT2D eigenvalue weighted by Gasteiger charge is 2.37. The molecule has 1 saturated heterocycles. The molecule has 0 bridgehead atoms. The van der Waals surface area contributed by atoms with Gasteiger partial charge in [-0.05, 0) is 24.1 Å². The first-order chi connectivity index (χ1) is 9.97. The molecule has 0 radical (unpaired) electrons. The van der Waals surface area contributed by atoms with Crippen molar-refractivity contribution in [1.29, 1.82) is 0 Å². The number of benzene rings is 1. The SMILES string of the molecule is C[C@@H]1CN(C(=O)c2ccc3c(c2)nnn3C)C[C@H]1C(=O)O. The fourth-order valence-electron chi connectivity index (χ4n) is 2.81. The van der Waals surface area contributed by atoms with Crippen molar-refractivity contribution in [3.05, 3.63) is 23.8 Å². The van der Waals surface area contributed by atoms with Crippen LogP contribution in [0.2, 0.25) is 0 Å². The number of rotatable bonds is 2. The number of hydrogen-bond acceptors (Lipinski definition) is 4. The highest BCUT2D eigenvalue weighted by Crippen LogP contribution is 2.25. The second kappa shape index (κ2) is 4.83. The molecule has 2 aromatic rings. The number of carbonyl (C=O) groups is 2. The second-order valence-electron chi connectivity index (χ2n) is 5.55. The quantitative estimate of drug-likeness (QED) is 0.881. The number of likely N-dealkylation sites (tertiary alicyclic amines) is 1. The summed E-state index contributed by atoms with van der Waals surface area (Å²) in [6.45, 7) is 2.58. The molecule has 1 N–H and O–H groups in total. The van der Waals surface area contributed by atoms with Crippen LogP contribution in [0.5, 0.6) is 0 Å². The minimum Gasteiger partial charge on any atom is -0.481 e. The van der Waals surface area contributed by atoms with Crippen LogP contribution in [0, 0.1) is 11.8 Å². The van der Waals surface area contributed by atoms with Gasteiger partial charge in [0.25, 0.3) is 5.91 Å². The number of nitrogens with zero attached hydrogens (tertiary/aromatic N) is 4. The number of amides is 1. The molecule has 1 aromatic heterocycles. The number of aliphatic carboxylic acids is 1. The lowest BCUT2D eigenvalue weighted by Gasteiger charge is -2.15. The number of aromatic nitrogens is 3. The van der Waals surface area contributed by atoms with Gasteiger partial charge in [-0.1, -0.05) is 12.1 Å². The van der Waals surface area contributed by atoms with Crippen molar-refractivity contribution in [2.45, 2.75) is 6.92 Å². The molecule has 110 valence electrons. The number of carbonyl (C=O) groups excluding carboxylic acids is 1. The van der Waals surface area contributed by atoms with Gasteiger partial charge in [0.05, 0.1) is 11.4 Å². The van der Waals surface area contributed by atoms with Crippen LogP contribution >= 0.6 is 0 Å². The minimum atomic E-state index is -0.845. The lowest BCUT2D eigenvalue weighted by molar-refractivity contribution is -0.142. The average Bonchev–Trinajstić information content (AvgIpc) is 3.01. The number of carboxylic acid groups (broad SMARTS) is 1. The van der Waals surface area contributed by atoms with Gasteiger partial charge in [-0.2, -0.15) is 0 Å². The normalized spacial score (nSPS) is 21.9. The molecule has 1 aromatic carbocycles. The molecule has 2 heterocycles. The van der Waals surface area contributed by atoms with Crippen LogP contribution in [0.15, 0.2) is 18.2 Å². The van der Waals surface area contributed by atoms with Crippen molar-refractivity contribution in [3.8, 4) is 0 Å². The number of hydrogen-bond donors (Lipinski definition) is 1. The Morgan fingerprint density at radius 1 is 1.33 bits per heavy atom. The predicted molar refractivity (Wildman–Crippen MR) is 74.7 cm³/mol. The van der Waals surface area contributed by atoms with Crippen molar-refractivity contribution in [2.75, 3.05) is 13.1 Å². The minimum absolute atomic E-state index is 0.0355. The second-order valence-corrected chi connectivity index (χ2v) is 5.55. The van der Waals surface area contributed by atoms with Crippen LogP contribution < -0.4 is 0 Å². The Morgan fingerprint density at radius 2 is 2.10 bits per heavy atom. The summed E-state index contributed by atoms with van der Waals surface area (Å²) in [5, 5.41) is 17.0. The van der Waals surface area contributed by atoms with Gasteiger partial charge >= 0.3 is 5.97 Å². The molecule has 1 aliphatic rings. The van der Waals surface area contributed by atoms with E-state index in [4.69, 9.17) is 5.11 Å². The molecule has 2 atom stereocenters. The Morgan fingerprint density at radius 3 is 2.76 bits per heavy atom. The van der Waals surface area contributed by atoms with Crippen LogP contribution in [0.25, 0.3) is 11.0 Å². The van der Waals surface area contributed by atoms with E-state index in [1.165, 1.54) is 0 Å². The molecule has 0 unspecified atom stereocenters. The molecule has 21 heavy (non-hydrogen) atoms. The first kappa shape index (κ1) is 13.5. The van der Waals surface area contributed by atoms with Gasteiger partial charge < -0.3 is 10.0 Å². The first-order valence-corrected chi connectivity index (χ1v) is 6.79. The molecule has 0 spiro atoms. The smallest absolute Gasteiger partial charge is 0.308 e. The third-order valence-corrected chi connectivity index (χ3v) is 4.07. The van der Waals surface area contributed by atoms with E-state index in [2.05, 4.69) is 10.3 Å². The van der Waals surface area contributed by atoms with Gasteiger partial charge in [-0.3, -0.25) is 9.59 Å². The van der Waals surface area contributed by atoms with E-state index in [0.29, 0.717) is 17.6 Å². The fourth-order valence-corrected chi connectivity index (χ4v) is 2.81. The molecule has 0 aliphatic carbocycles. The summed E-state index contributed by atoms with van der Waals surface area (Å²) < 4.78 is 1.64.